The Balaban J connectivity index is 1.25. The molecule has 4 aromatic rings. The monoisotopic (exact) mass is 662 g/mol. The van der Waals surface area contributed by atoms with Crippen LogP contribution in [0.5, 0.6) is 5.75 Å². The lowest BCUT2D eigenvalue weighted by Gasteiger charge is -2.37. The van der Waals surface area contributed by atoms with Gasteiger partial charge in [0.1, 0.15) is 11.3 Å². The third kappa shape index (κ3) is 5.05. The van der Waals surface area contributed by atoms with Crippen molar-refractivity contribution >= 4 is 33.8 Å². The molecule has 4 aliphatic rings. The second-order valence-electron chi connectivity index (χ2n) is 14.5. The number of amides is 2. The van der Waals surface area contributed by atoms with E-state index in [1.54, 1.807) is 48.9 Å². The Hall–Kier alpha value is -4.06. The number of ether oxygens (including phenoxy) is 1. The SMILES string of the molecule is COc1cc(C(=O)N2C[C@H](N)[C@@H]3CC[C@H]2C3)cc2nc(-c3cc4ccc5c(F)c4n3CC(F)(F)CCC[C@@H]3C[C@H]3C(=O)N[C@@H]5C)n(C)c12. The maximum atomic E-state index is 16.5. The van der Waals surface area contributed by atoms with Gasteiger partial charge in [-0.05, 0) is 75.5 Å². The molecule has 2 saturated carbocycles. The molecule has 4 bridgehead atoms. The molecular weight excluding hydrogens is 621 g/mol. The van der Waals surface area contributed by atoms with Gasteiger partial charge in [-0.25, -0.2) is 18.2 Å². The molecule has 2 aliphatic heterocycles. The number of nitrogens with zero attached hydrogens (tertiary/aromatic N) is 4. The molecule has 3 fully saturated rings. The highest BCUT2D eigenvalue weighted by Gasteiger charge is 2.44. The molecule has 2 amide bonds. The Labute approximate surface area is 276 Å². The van der Waals surface area contributed by atoms with Crippen molar-refractivity contribution in [3.05, 3.63) is 47.3 Å². The number of alkyl halides is 2. The van der Waals surface area contributed by atoms with Crippen LogP contribution < -0.4 is 15.8 Å². The largest absolute Gasteiger partial charge is 0.494 e. The van der Waals surface area contributed by atoms with E-state index in [2.05, 4.69) is 5.32 Å². The van der Waals surface area contributed by atoms with Crippen LogP contribution in [0.15, 0.2) is 30.3 Å². The normalized spacial score (nSPS) is 28.4. The van der Waals surface area contributed by atoms with E-state index < -0.39 is 24.3 Å². The molecule has 12 heteroatoms. The number of aromatic nitrogens is 3. The van der Waals surface area contributed by atoms with Crippen molar-refractivity contribution in [2.24, 2.45) is 30.5 Å². The van der Waals surface area contributed by atoms with Gasteiger partial charge in [-0.1, -0.05) is 12.1 Å². The van der Waals surface area contributed by atoms with Crippen molar-refractivity contribution in [2.75, 3.05) is 13.7 Å². The lowest BCUT2D eigenvalue weighted by Crippen LogP contribution is -2.51. The first-order valence-electron chi connectivity index (χ1n) is 17.0. The summed E-state index contributed by atoms with van der Waals surface area (Å²) in [5.41, 5.74) is 8.46. The minimum absolute atomic E-state index is 0.0378. The van der Waals surface area contributed by atoms with Gasteiger partial charge in [-0.2, -0.15) is 0 Å². The minimum atomic E-state index is -3.14. The van der Waals surface area contributed by atoms with Crippen LogP contribution >= 0.6 is 0 Å². The number of rotatable bonds is 3. The summed E-state index contributed by atoms with van der Waals surface area (Å²) in [7, 11) is 3.27. The number of aryl methyl sites for hydroxylation is 1. The molecule has 8 rings (SSSR count). The molecular formula is C36H41F3N6O3. The van der Waals surface area contributed by atoms with Crippen LogP contribution in [0.1, 0.15) is 73.8 Å². The number of carbonyl (C=O) groups excluding carboxylic acids is 2. The number of fused-ring (bicyclic) bond motifs is 5. The van der Waals surface area contributed by atoms with Crippen molar-refractivity contribution in [3.8, 4) is 17.3 Å². The van der Waals surface area contributed by atoms with Gasteiger partial charge < -0.3 is 29.8 Å². The van der Waals surface area contributed by atoms with Gasteiger partial charge in [-0.3, -0.25) is 9.59 Å². The molecule has 3 N–H and O–H groups in total. The predicted molar refractivity (Wildman–Crippen MR) is 175 cm³/mol. The van der Waals surface area contributed by atoms with Gasteiger partial charge in [-0.15, -0.1) is 0 Å². The Morgan fingerprint density at radius 2 is 1.92 bits per heavy atom. The van der Waals surface area contributed by atoms with E-state index in [0.717, 1.165) is 19.3 Å². The van der Waals surface area contributed by atoms with Crippen molar-refractivity contribution in [3.63, 3.8) is 0 Å². The Bertz CT molecular complexity index is 1970. The predicted octanol–water partition coefficient (Wildman–Crippen LogP) is 5.93. The van der Waals surface area contributed by atoms with Crippen molar-refractivity contribution in [2.45, 2.75) is 82.5 Å². The van der Waals surface area contributed by atoms with Crippen LogP contribution in [-0.2, 0) is 18.4 Å². The van der Waals surface area contributed by atoms with Gasteiger partial charge in [0.25, 0.3) is 11.8 Å². The van der Waals surface area contributed by atoms with E-state index in [4.69, 9.17) is 15.5 Å². The molecule has 4 heterocycles. The highest BCUT2D eigenvalue weighted by atomic mass is 19.3. The van der Waals surface area contributed by atoms with Gasteiger partial charge in [0.2, 0.25) is 5.91 Å². The van der Waals surface area contributed by atoms with Crippen molar-refractivity contribution in [1.29, 1.82) is 0 Å². The molecule has 48 heavy (non-hydrogen) atoms. The third-order valence-corrected chi connectivity index (χ3v) is 11.4. The maximum Gasteiger partial charge on any atom is 0.265 e. The number of imidazole rings is 1. The average Bonchev–Trinajstić information content (AvgIpc) is 3.37. The van der Waals surface area contributed by atoms with Crippen LogP contribution in [0.25, 0.3) is 33.5 Å². The summed E-state index contributed by atoms with van der Waals surface area (Å²) in [4.78, 5) is 33.5. The number of hydrogen-bond donors (Lipinski definition) is 2. The van der Waals surface area contributed by atoms with Crippen molar-refractivity contribution < 1.29 is 27.5 Å². The van der Waals surface area contributed by atoms with Gasteiger partial charge in [0, 0.05) is 54.5 Å². The summed E-state index contributed by atoms with van der Waals surface area (Å²) >= 11 is 0. The third-order valence-electron chi connectivity index (χ3n) is 11.4. The number of nitrogens with one attached hydrogen (secondary N) is 1. The van der Waals surface area contributed by atoms with E-state index in [0.29, 0.717) is 64.6 Å². The summed E-state index contributed by atoms with van der Waals surface area (Å²) in [6, 6.07) is 7.85. The van der Waals surface area contributed by atoms with E-state index in [1.807, 2.05) is 4.90 Å². The summed E-state index contributed by atoms with van der Waals surface area (Å²) in [5.74, 6) is -3.01. The lowest BCUT2D eigenvalue weighted by molar-refractivity contribution is -0.123. The quantitative estimate of drug-likeness (QED) is 0.283. The highest BCUT2D eigenvalue weighted by Crippen LogP contribution is 2.45. The Morgan fingerprint density at radius 3 is 2.71 bits per heavy atom. The molecule has 0 spiro atoms. The minimum Gasteiger partial charge on any atom is -0.494 e. The van der Waals surface area contributed by atoms with E-state index >= 15 is 13.2 Å². The second kappa shape index (κ2) is 11.2. The number of likely N-dealkylation sites (tertiary alicyclic amines) is 1. The summed E-state index contributed by atoms with van der Waals surface area (Å²) in [5, 5.41) is 3.39. The summed E-state index contributed by atoms with van der Waals surface area (Å²) in [6.45, 7) is 1.48. The maximum absolute atomic E-state index is 16.5. The van der Waals surface area contributed by atoms with E-state index in [1.165, 1.54) is 11.7 Å². The fourth-order valence-corrected chi connectivity index (χ4v) is 8.66. The zero-order valence-corrected chi connectivity index (χ0v) is 27.4. The number of hydrogen-bond acceptors (Lipinski definition) is 5. The van der Waals surface area contributed by atoms with E-state index in [-0.39, 0.29) is 59.7 Å². The van der Waals surface area contributed by atoms with Crippen LogP contribution in [-0.4, -0.2) is 62.5 Å². The standard InChI is InChI=1S/C36H41F3N6O3/c1-18-24-9-7-21-14-28(45(31(21)30(24)37)17-36(38,39)10-4-5-19-12-25(19)34(46)41-18)33-42-27-13-22(15-29(48-3)32(27)43(33)2)35(47)44-16-26(40)20-6-8-23(44)11-20/h7,9,13-15,18-20,23,25-26H,4-6,8,10-12,16-17,40H2,1-3H3,(H,41,46)/t18-,19-,20-,23+,25-,26+/m1/s1. The molecule has 1 saturated heterocycles. The van der Waals surface area contributed by atoms with Crippen LogP contribution in [0, 0.1) is 23.6 Å². The first-order chi connectivity index (χ1) is 22.9. The zero-order valence-electron chi connectivity index (χ0n) is 27.4. The Kier molecular flexibility index (Phi) is 7.32. The van der Waals surface area contributed by atoms with Gasteiger partial charge in [0.05, 0.1) is 36.4 Å². The zero-order chi connectivity index (χ0) is 33.6. The molecule has 2 aromatic carbocycles. The van der Waals surface area contributed by atoms with Crippen LogP contribution in [0.4, 0.5) is 13.2 Å². The average molecular weight is 663 g/mol. The lowest BCUT2D eigenvalue weighted by atomic mass is 9.94. The van der Waals surface area contributed by atoms with Gasteiger partial charge >= 0.3 is 0 Å². The van der Waals surface area contributed by atoms with E-state index in [9.17, 15) is 9.59 Å². The smallest absolute Gasteiger partial charge is 0.265 e. The molecule has 254 valence electrons. The number of methoxy groups -OCH3 is 1. The first kappa shape index (κ1) is 31.2. The molecule has 6 atom stereocenters. The fourth-order valence-electron chi connectivity index (χ4n) is 8.66. The number of benzene rings is 2. The van der Waals surface area contributed by atoms with Crippen LogP contribution in [0.2, 0.25) is 0 Å². The molecule has 2 aliphatic carbocycles. The second-order valence-corrected chi connectivity index (χ2v) is 14.5. The van der Waals surface area contributed by atoms with Gasteiger partial charge in [0.15, 0.2) is 11.6 Å². The molecule has 9 nitrogen and oxygen atoms in total. The number of nitrogens with two attached hydrogens (primary N) is 1. The Morgan fingerprint density at radius 1 is 1.10 bits per heavy atom. The van der Waals surface area contributed by atoms with Crippen molar-refractivity contribution in [1.82, 2.24) is 24.3 Å². The number of halogens is 3. The highest BCUT2D eigenvalue weighted by molar-refractivity contribution is 6.00. The molecule has 0 radical (unpaired) electrons. The summed E-state index contributed by atoms with van der Waals surface area (Å²) < 4.78 is 56.9. The molecule has 0 unspecified atom stereocenters. The number of piperidine rings is 1. The van der Waals surface area contributed by atoms with Crippen LogP contribution in [0.3, 0.4) is 0 Å². The molecule has 2 aromatic heterocycles. The number of carbonyl (C=O) groups is 2. The topological polar surface area (TPSA) is 107 Å². The first-order valence-corrected chi connectivity index (χ1v) is 17.0. The fraction of sp³-hybridized carbons (Fsp3) is 0.528. The summed E-state index contributed by atoms with van der Waals surface area (Å²) in [6.07, 6.45) is 3.96.